The monoisotopic (exact) mass is 268 g/mol. The molecule has 1 saturated heterocycles. The highest BCUT2D eigenvalue weighted by molar-refractivity contribution is 5.97. The second kappa shape index (κ2) is 5.49. The fourth-order valence-electron chi connectivity index (χ4n) is 2.91. The zero-order valence-corrected chi connectivity index (χ0v) is 12.2. The van der Waals surface area contributed by atoms with Crippen molar-refractivity contribution in [1.29, 1.82) is 0 Å². The van der Waals surface area contributed by atoms with E-state index in [4.69, 9.17) is 4.74 Å². The molecule has 3 unspecified atom stereocenters. The van der Waals surface area contributed by atoms with Crippen LogP contribution in [0.1, 0.15) is 33.6 Å². The Kier molecular flexibility index (Phi) is 4.13. The lowest BCUT2D eigenvalue weighted by Crippen LogP contribution is -2.67. The van der Waals surface area contributed by atoms with Gasteiger partial charge in [-0.1, -0.05) is 13.8 Å². The molecule has 5 nitrogen and oxygen atoms in total. The number of hydrogen-bond acceptors (Lipinski definition) is 3. The summed E-state index contributed by atoms with van der Waals surface area (Å²) in [6, 6.07) is -0.772. The summed E-state index contributed by atoms with van der Waals surface area (Å²) in [7, 11) is 1.62. The zero-order valence-electron chi connectivity index (χ0n) is 12.2. The first-order valence-electron chi connectivity index (χ1n) is 7.08. The Morgan fingerprint density at radius 1 is 1.32 bits per heavy atom. The highest BCUT2D eigenvalue weighted by Crippen LogP contribution is 2.36. The average Bonchev–Trinajstić information content (AvgIpc) is 3.14. The Morgan fingerprint density at radius 2 is 1.95 bits per heavy atom. The van der Waals surface area contributed by atoms with Crippen molar-refractivity contribution in [3.05, 3.63) is 0 Å². The van der Waals surface area contributed by atoms with Crippen molar-refractivity contribution in [2.45, 2.75) is 51.7 Å². The second-order valence-electron chi connectivity index (χ2n) is 6.06. The minimum Gasteiger partial charge on any atom is -0.383 e. The molecule has 2 amide bonds. The van der Waals surface area contributed by atoms with Gasteiger partial charge in [-0.05, 0) is 31.6 Å². The molecular weight excluding hydrogens is 244 g/mol. The standard InChI is InChI=1S/C14H24N2O3/c1-8(2)12-13(17)15-11(10-5-6-10)14(18)16(12)9(3)7-19-4/h8-12H,5-7H2,1-4H3,(H,15,17). The van der Waals surface area contributed by atoms with Gasteiger partial charge in [0.2, 0.25) is 11.8 Å². The van der Waals surface area contributed by atoms with E-state index in [1.54, 1.807) is 12.0 Å². The van der Waals surface area contributed by atoms with Crippen molar-refractivity contribution in [3.63, 3.8) is 0 Å². The van der Waals surface area contributed by atoms with E-state index in [1.165, 1.54) is 0 Å². The van der Waals surface area contributed by atoms with Gasteiger partial charge in [-0.2, -0.15) is 0 Å². The van der Waals surface area contributed by atoms with Crippen molar-refractivity contribution in [2.75, 3.05) is 13.7 Å². The second-order valence-corrected chi connectivity index (χ2v) is 6.06. The lowest BCUT2D eigenvalue weighted by atomic mass is 9.94. The quantitative estimate of drug-likeness (QED) is 0.801. The van der Waals surface area contributed by atoms with E-state index < -0.39 is 0 Å². The summed E-state index contributed by atoms with van der Waals surface area (Å²) in [5.41, 5.74) is 0. The van der Waals surface area contributed by atoms with Crippen molar-refractivity contribution in [3.8, 4) is 0 Å². The molecular formula is C14H24N2O3. The first kappa shape index (κ1) is 14.3. The predicted molar refractivity (Wildman–Crippen MR) is 71.5 cm³/mol. The normalized spacial score (nSPS) is 29.6. The maximum absolute atomic E-state index is 12.6. The Labute approximate surface area is 114 Å². The number of piperazine rings is 1. The maximum Gasteiger partial charge on any atom is 0.246 e. The minimum atomic E-state index is -0.382. The fourth-order valence-corrected chi connectivity index (χ4v) is 2.91. The summed E-state index contributed by atoms with van der Waals surface area (Å²) in [4.78, 5) is 26.7. The largest absolute Gasteiger partial charge is 0.383 e. The molecule has 1 saturated carbocycles. The van der Waals surface area contributed by atoms with Crippen LogP contribution in [0.2, 0.25) is 0 Å². The maximum atomic E-state index is 12.6. The van der Waals surface area contributed by atoms with Crippen LogP contribution in [0.3, 0.4) is 0 Å². The third-order valence-electron chi connectivity index (χ3n) is 3.99. The SMILES string of the molecule is COCC(C)N1C(=O)C(C2CC2)NC(=O)C1C(C)C. The van der Waals surface area contributed by atoms with Crippen LogP contribution in [-0.4, -0.2) is 48.6 Å². The molecule has 2 rings (SSSR count). The Bertz CT molecular complexity index is 366. The van der Waals surface area contributed by atoms with Gasteiger partial charge >= 0.3 is 0 Å². The van der Waals surface area contributed by atoms with Crippen LogP contribution in [-0.2, 0) is 14.3 Å². The number of methoxy groups -OCH3 is 1. The van der Waals surface area contributed by atoms with Gasteiger partial charge in [0, 0.05) is 7.11 Å². The van der Waals surface area contributed by atoms with Crippen LogP contribution in [0, 0.1) is 11.8 Å². The molecule has 3 atom stereocenters. The number of rotatable bonds is 5. The lowest BCUT2D eigenvalue weighted by molar-refractivity contribution is -0.155. The number of amides is 2. The predicted octanol–water partition coefficient (Wildman–Crippen LogP) is 0.783. The molecule has 108 valence electrons. The van der Waals surface area contributed by atoms with Crippen LogP contribution in [0.15, 0.2) is 0 Å². The van der Waals surface area contributed by atoms with Crippen molar-refractivity contribution in [1.82, 2.24) is 10.2 Å². The van der Waals surface area contributed by atoms with Crippen LogP contribution in [0.5, 0.6) is 0 Å². The van der Waals surface area contributed by atoms with E-state index in [9.17, 15) is 9.59 Å². The van der Waals surface area contributed by atoms with E-state index in [1.807, 2.05) is 20.8 Å². The first-order chi connectivity index (χ1) is 8.97. The van der Waals surface area contributed by atoms with Gasteiger partial charge in [-0.15, -0.1) is 0 Å². The first-order valence-corrected chi connectivity index (χ1v) is 7.08. The van der Waals surface area contributed by atoms with E-state index in [0.717, 1.165) is 12.8 Å². The van der Waals surface area contributed by atoms with Crippen LogP contribution in [0.25, 0.3) is 0 Å². The van der Waals surface area contributed by atoms with Gasteiger partial charge in [0.05, 0.1) is 12.6 Å². The summed E-state index contributed by atoms with van der Waals surface area (Å²) >= 11 is 0. The van der Waals surface area contributed by atoms with Gasteiger partial charge in [0.25, 0.3) is 0 Å². The number of carbonyl (C=O) groups excluding carboxylic acids is 2. The van der Waals surface area contributed by atoms with Crippen molar-refractivity contribution in [2.24, 2.45) is 11.8 Å². The summed E-state index contributed by atoms with van der Waals surface area (Å²) in [5.74, 6) is 0.477. The summed E-state index contributed by atoms with van der Waals surface area (Å²) < 4.78 is 5.15. The molecule has 1 aliphatic heterocycles. The molecule has 5 heteroatoms. The Balaban J connectivity index is 2.23. The highest BCUT2D eigenvalue weighted by Gasteiger charge is 2.48. The number of carbonyl (C=O) groups is 2. The van der Waals surface area contributed by atoms with Crippen LogP contribution in [0.4, 0.5) is 0 Å². The molecule has 2 fully saturated rings. The molecule has 0 radical (unpaired) electrons. The van der Waals surface area contributed by atoms with Crippen LogP contribution >= 0.6 is 0 Å². The number of nitrogens with zero attached hydrogens (tertiary/aromatic N) is 1. The Morgan fingerprint density at radius 3 is 2.42 bits per heavy atom. The van der Waals surface area contributed by atoms with Gasteiger partial charge in [-0.25, -0.2) is 0 Å². The van der Waals surface area contributed by atoms with Crippen molar-refractivity contribution >= 4 is 11.8 Å². The van der Waals surface area contributed by atoms with Gasteiger partial charge in [-0.3, -0.25) is 9.59 Å². The third-order valence-corrected chi connectivity index (χ3v) is 3.99. The molecule has 19 heavy (non-hydrogen) atoms. The summed E-state index contributed by atoms with van der Waals surface area (Å²) in [6.07, 6.45) is 2.07. The fraction of sp³-hybridized carbons (Fsp3) is 0.857. The molecule has 0 bridgehead atoms. The summed E-state index contributed by atoms with van der Waals surface area (Å²) in [5, 5.41) is 2.92. The van der Waals surface area contributed by atoms with E-state index in [0.29, 0.717) is 12.5 Å². The van der Waals surface area contributed by atoms with Crippen molar-refractivity contribution < 1.29 is 14.3 Å². The molecule has 1 N–H and O–H groups in total. The third kappa shape index (κ3) is 2.76. The lowest BCUT2D eigenvalue weighted by Gasteiger charge is -2.44. The zero-order chi connectivity index (χ0) is 14.2. The van der Waals surface area contributed by atoms with Crippen LogP contribution < -0.4 is 5.32 Å². The molecule has 0 aromatic carbocycles. The number of hydrogen-bond donors (Lipinski definition) is 1. The molecule has 2 aliphatic rings. The minimum absolute atomic E-state index is 0.0190. The number of nitrogens with one attached hydrogen (secondary N) is 1. The molecule has 0 spiro atoms. The molecule has 0 aromatic heterocycles. The highest BCUT2D eigenvalue weighted by atomic mass is 16.5. The molecule has 1 aliphatic carbocycles. The number of ether oxygens (including phenoxy) is 1. The van der Waals surface area contributed by atoms with E-state index in [2.05, 4.69) is 5.32 Å². The average molecular weight is 268 g/mol. The van der Waals surface area contributed by atoms with Gasteiger partial charge in [0.15, 0.2) is 0 Å². The van der Waals surface area contributed by atoms with E-state index in [-0.39, 0.29) is 35.9 Å². The summed E-state index contributed by atoms with van der Waals surface area (Å²) in [6.45, 7) is 6.35. The molecule has 1 heterocycles. The van der Waals surface area contributed by atoms with Gasteiger partial charge < -0.3 is 15.0 Å². The van der Waals surface area contributed by atoms with E-state index >= 15 is 0 Å². The smallest absolute Gasteiger partial charge is 0.246 e. The Hall–Kier alpha value is -1.10. The topological polar surface area (TPSA) is 58.6 Å². The van der Waals surface area contributed by atoms with Gasteiger partial charge in [0.1, 0.15) is 12.1 Å². The molecule has 0 aromatic rings.